The van der Waals surface area contributed by atoms with Crippen molar-refractivity contribution in [2.45, 2.75) is 19.2 Å². The largest absolute Gasteiger partial charge is 0.414 e. The van der Waals surface area contributed by atoms with Crippen LogP contribution in [0.25, 0.3) is 0 Å². The molecule has 0 aliphatic carbocycles. The number of ketones is 1. The van der Waals surface area contributed by atoms with Gasteiger partial charge in [-0.25, -0.2) is 0 Å². The number of carbonyl (C=O) groups excluding carboxylic acids is 1. The minimum Gasteiger partial charge on any atom is -0.361 e. The highest BCUT2D eigenvalue weighted by atomic mass is 79.9. The van der Waals surface area contributed by atoms with Crippen molar-refractivity contribution in [3.63, 3.8) is 0 Å². The Hall–Kier alpha value is -0.400. The van der Waals surface area contributed by atoms with E-state index >= 15 is 0 Å². The molecule has 0 amide bonds. The molecule has 16 heavy (non-hydrogen) atoms. The highest BCUT2D eigenvalue weighted by Gasteiger charge is 2.37. The lowest BCUT2D eigenvalue weighted by atomic mass is 10.3. The van der Waals surface area contributed by atoms with Gasteiger partial charge in [0.2, 0.25) is 0 Å². The summed E-state index contributed by atoms with van der Waals surface area (Å²) in [6, 6.07) is 1.66. The number of hydrogen-bond donors (Lipinski definition) is 0. The van der Waals surface area contributed by atoms with Gasteiger partial charge >= 0.3 is 6.18 Å². The second-order valence-corrected chi connectivity index (χ2v) is 4.79. The van der Waals surface area contributed by atoms with Crippen LogP contribution in [0.15, 0.2) is 15.9 Å². The number of alkyl halides is 3. The molecule has 1 rings (SSSR count). The van der Waals surface area contributed by atoms with Crippen LogP contribution in [0.4, 0.5) is 13.2 Å². The molecule has 1 aromatic heterocycles. The predicted octanol–water partition coefficient (Wildman–Crippen LogP) is 3.66. The van der Waals surface area contributed by atoms with Gasteiger partial charge in [-0.2, -0.15) is 13.2 Å². The van der Waals surface area contributed by atoms with E-state index in [1.54, 1.807) is 11.4 Å². The topological polar surface area (TPSA) is 26.3 Å². The number of rotatable bonds is 4. The standard InChI is InChI=1S/C9H8BrF3O2S/c1-5(9(11,12)13)15-4-7(14)8-6(10)2-3-16-8/h2-3,5H,4H2,1H3. The molecule has 0 radical (unpaired) electrons. The van der Waals surface area contributed by atoms with Crippen molar-refractivity contribution in [1.82, 2.24) is 0 Å². The average Bonchev–Trinajstić information content (AvgIpc) is 2.58. The molecule has 0 saturated carbocycles. The summed E-state index contributed by atoms with van der Waals surface area (Å²) in [7, 11) is 0. The molecular weight excluding hydrogens is 309 g/mol. The number of hydrogen-bond acceptors (Lipinski definition) is 3. The maximum absolute atomic E-state index is 12.1. The van der Waals surface area contributed by atoms with Gasteiger partial charge in [0.1, 0.15) is 6.61 Å². The summed E-state index contributed by atoms with van der Waals surface area (Å²) in [5.74, 6) is -0.460. The minimum atomic E-state index is -4.44. The lowest BCUT2D eigenvalue weighted by molar-refractivity contribution is -0.210. The summed E-state index contributed by atoms with van der Waals surface area (Å²) in [4.78, 5) is 11.8. The number of carbonyl (C=O) groups is 1. The molecule has 90 valence electrons. The van der Waals surface area contributed by atoms with Crippen LogP contribution in [0.5, 0.6) is 0 Å². The van der Waals surface area contributed by atoms with Crippen LogP contribution in [-0.4, -0.2) is 24.7 Å². The molecule has 0 fully saturated rings. The number of ether oxygens (including phenoxy) is 1. The SMILES string of the molecule is CC(OCC(=O)c1sccc1Br)C(F)(F)F. The van der Waals surface area contributed by atoms with Gasteiger partial charge < -0.3 is 4.74 Å². The molecule has 1 atom stereocenters. The van der Waals surface area contributed by atoms with Crippen molar-refractivity contribution in [2.75, 3.05) is 6.61 Å². The molecule has 0 N–H and O–H groups in total. The number of thiophene rings is 1. The molecule has 2 nitrogen and oxygen atoms in total. The first-order valence-electron chi connectivity index (χ1n) is 4.27. The van der Waals surface area contributed by atoms with Crippen molar-refractivity contribution in [2.24, 2.45) is 0 Å². The van der Waals surface area contributed by atoms with Gasteiger partial charge in [-0.15, -0.1) is 11.3 Å². The third-order valence-electron chi connectivity index (χ3n) is 1.80. The highest BCUT2D eigenvalue weighted by molar-refractivity contribution is 9.10. The van der Waals surface area contributed by atoms with Crippen LogP contribution in [0.2, 0.25) is 0 Å². The van der Waals surface area contributed by atoms with Gasteiger partial charge in [-0.1, -0.05) is 0 Å². The fourth-order valence-electron chi connectivity index (χ4n) is 0.853. The van der Waals surface area contributed by atoms with E-state index in [2.05, 4.69) is 20.7 Å². The molecule has 0 spiro atoms. The van der Waals surface area contributed by atoms with Crippen LogP contribution in [0.3, 0.4) is 0 Å². The van der Waals surface area contributed by atoms with E-state index in [1.807, 2.05) is 0 Å². The summed E-state index contributed by atoms with van der Waals surface area (Å²) >= 11 is 4.28. The third kappa shape index (κ3) is 3.57. The van der Waals surface area contributed by atoms with E-state index < -0.39 is 24.7 Å². The summed E-state index contributed by atoms with van der Waals surface area (Å²) in [5.41, 5.74) is 0. The van der Waals surface area contributed by atoms with E-state index in [-0.39, 0.29) is 0 Å². The first-order valence-corrected chi connectivity index (χ1v) is 5.94. The maximum atomic E-state index is 12.1. The molecule has 0 bridgehead atoms. The fraction of sp³-hybridized carbons (Fsp3) is 0.444. The highest BCUT2D eigenvalue weighted by Crippen LogP contribution is 2.25. The van der Waals surface area contributed by atoms with Crippen LogP contribution >= 0.6 is 27.3 Å². The average molecular weight is 317 g/mol. The van der Waals surface area contributed by atoms with E-state index in [0.717, 1.165) is 18.3 Å². The first-order chi connectivity index (χ1) is 7.32. The van der Waals surface area contributed by atoms with Crippen LogP contribution in [0.1, 0.15) is 16.6 Å². The molecule has 0 saturated heterocycles. The molecule has 1 unspecified atom stereocenters. The lowest BCUT2D eigenvalue weighted by Gasteiger charge is -2.15. The van der Waals surface area contributed by atoms with Crippen molar-refractivity contribution >= 4 is 33.0 Å². The van der Waals surface area contributed by atoms with Crippen molar-refractivity contribution in [3.05, 3.63) is 20.8 Å². The summed E-state index contributed by atoms with van der Waals surface area (Å²) in [6.07, 6.45) is -6.37. The molecule has 0 aliphatic rings. The number of halogens is 4. The first kappa shape index (κ1) is 13.7. The van der Waals surface area contributed by atoms with E-state index in [9.17, 15) is 18.0 Å². The van der Waals surface area contributed by atoms with Crippen LogP contribution < -0.4 is 0 Å². The van der Waals surface area contributed by atoms with Crippen molar-refractivity contribution in [3.8, 4) is 0 Å². The summed E-state index contributed by atoms with van der Waals surface area (Å²) in [6.45, 7) is 0.302. The van der Waals surface area contributed by atoms with E-state index in [4.69, 9.17) is 0 Å². The van der Waals surface area contributed by atoms with Crippen molar-refractivity contribution in [1.29, 1.82) is 0 Å². The number of Topliss-reactive ketones (excluding diaryl/α,β-unsaturated/α-hetero) is 1. The molecular formula is C9H8BrF3O2S. The Morgan fingerprint density at radius 3 is 2.69 bits per heavy atom. The van der Waals surface area contributed by atoms with Gasteiger partial charge in [0.05, 0.1) is 4.88 Å². The van der Waals surface area contributed by atoms with Crippen LogP contribution in [0, 0.1) is 0 Å². The van der Waals surface area contributed by atoms with Gasteiger partial charge in [0, 0.05) is 4.47 Å². The van der Waals surface area contributed by atoms with Gasteiger partial charge in [-0.05, 0) is 34.3 Å². The van der Waals surface area contributed by atoms with Gasteiger partial charge in [0.15, 0.2) is 11.9 Å². The smallest absolute Gasteiger partial charge is 0.361 e. The molecule has 1 aromatic rings. The fourth-order valence-corrected chi connectivity index (χ4v) is 2.37. The summed E-state index contributed by atoms with van der Waals surface area (Å²) in [5, 5.41) is 1.67. The Morgan fingerprint density at radius 2 is 2.25 bits per heavy atom. The van der Waals surface area contributed by atoms with Crippen LogP contribution in [-0.2, 0) is 4.74 Å². The molecule has 1 heterocycles. The maximum Gasteiger partial charge on any atom is 0.414 e. The zero-order valence-corrected chi connectivity index (χ0v) is 10.6. The predicted molar refractivity (Wildman–Crippen MR) is 57.8 cm³/mol. The Balaban J connectivity index is 2.52. The zero-order chi connectivity index (χ0) is 12.3. The van der Waals surface area contributed by atoms with Gasteiger partial charge in [-0.3, -0.25) is 4.79 Å². The Labute approximate surface area is 103 Å². The summed E-state index contributed by atoms with van der Waals surface area (Å²) < 4.78 is 41.3. The second-order valence-electron chi connectivity index (χ2n) is 3.02. The normalized spacial score (nSPS) is 13.8. The monoisotopic (exact) mass is 316 g/mol. The Bertz CT molecular complexity index is 375. The van der Waals surface area contributed by atoms with E-state index in [0.29, 0.717) is 9.35 Å². The van der Waals surface area contributed by atoms with Crippen molar-refractivity contribution < 1.29 is 22.7 Å². The minimum absolute atomic E-state index is 0.370. The van der Waals surface area contributed by atoms with E-state index in [1.165, 1.54) is 0 Å². The quantitative estimate of drug-likeness (QED) is 0.792. The Morgan fingerprint density at radius 1 is 1.62 bits per heavy atom. The molecule has 0 aromatic carbocycles. The zero-order valence-electron chi connectivity index (χ0n) is 8.18. The lowest BCUT2D eigenvalue weighted by Crippen LogP contribution is -2.30. The molecule has 7 heteroatoms. The molecule has 0 aliphatic heterocycles. The third-order valence-corrected chi connectivity index (χ3v) is 3.67. The second kappa shape index (κ2) is 5.29. The van der Waals surface area contributed by atoms with Gasteiger partial charge in [0.25, 0.3) is 0 Å². The Kier molecular flexibility index (Phi) is 4.52.